The highest BCUT2D eigenvalue weighted by Gasteiger charge is 2.06. The maximum absolute atomic E-state index is 6.07. The first-order chi connectivity index (χ1) is 12.2. The van der Waals surface area contributed by atoms with Crippen LogP contribution in [0.4, 0.5) is 0 Å². The molecule has 0 saturated heterocycles. The van der Waals surface area contributed by atoms with Crippen molar-refractivity contribution in [3.8, 4) is 16.9 Å². The van der Waals surface area contributed by atoms with Crippen molar-refractivity contribution >= 4 is 0 Å². The molecule has 3 aromatic carbocycles. The Morgan fingerprint density at radius 3 is 2.52 bits per heavy atom. The van der Waals surface area contributed by atoms with Gasteiger partial charge >= 0.3 is 0 Å². The summed E-state index contributed by atoms with van der Waals surface area (Å²) in [6.45, 7) is 5.42. The van der Waals surface area contributed by atoms with Gasteiger partial charge in [-0.25, -0.2) is 0 Å². The molecule has 0 aliphatic heterocycles. The summed E-state index contributed by atoms with van der Waals surface area (Å²) in [5.74, 6) is 0.970. The number of para-hydroxylation sites is 1. The summed E-state index contributed by atoms with van der Waals surface area (Å²) in [6.07, 6.45) is 0.973. The van der Waals surface area contributed by atoms with E-state index in [0.29, 0.717) is 13.2 Å². The molecule has 0 heterocycles. The van der Waals surface area contributed by atoms with Gasteiger partial charge in [-0.2, -0.15) is 0 Å². The van der Waals surface area contributed by atoms with Gasteiger partial charge in [0.25, 0.3) is 0 Å². The van der Waals surface area contributed by atoms with Gasteiger partial charge < -0.3 is 10.5 Å². The second-order valence-electron chi connectivity index (χ2n) is 6.30. The molecule has 3 aromatic rings. The van der Waals surface area contributed by atoms with E-state index in [1.54, 1.807) is 0 Å². The van der Waals surface area contributed by atoms with E-state index >= 15 is 0 Å². The minimum absolute atomic E-state index is 0.559. The zero-order valence-electron chi connectivity index (χ0n) is 15.0. The molecular weight excluding hydrogens is 306 g/mol. The molecule has 0 spiro atoms. The number of hydrogen-bond donors (Lipinski definition) is 1. The van der Waals surface area contributed by atoms with Gasteiger partial charge in [-0.15, -0.1) is 0 Å². The van der Waals surface area contributed by atoms with E-state index in [1.165, 1.54) is 27.8 Å². The highest BCUT2D eigenvalue weighted by molar-refractivity contribution is 5.68. The van der Waals surface area contributed by atoms with Crippen LogP contribution in [-0.2, 0) is 19.6 Å². The second-order valence-corrected chi connectivity index (χ2v) is 6.30. The second kappa shape index (κ2) is 8.00. The summed E-state index contributed by atoms with van der Waals surface area (Å²) in [4.78, 5) is 0. The molecule has 0 aliphatic carbocycles. The molecule has 2 nitrogen and oxygen atoms in total. The van der Waals surface area contributed by atoms with Crippen LogP contribution in [0.15, 0.2) is 66.7 Å². The first kappa shape index (κ1) is 17.2. The molecule has 2 N–H and O–H groups in total. The normalized spacial score (nSPS) is 10.7. The Morgan fingerprint density at radius 2 is 1.72 bits per heavy atom. The maximum Gasteiger partial charge on any atom is 0.122 e. The van der Waals surface area contributed by atoms with Crippen LogP contribution < -0.4 is 10.5 Å². The van der Waals surface area contributed by atoms with E-state index in [9.17, 15) is 0 Å². The number of hydrogen-bond acceptors (Lipinski definition) is 2. The summed E-state index contributed by atoms with van der Waals surface area (Å²) in [5, 5.41) is 0. The Bertz CT molecular complexity index is 854. The molecule has 0 fully saturated rings. The van der Waals surface area contributed by atoms with Gasteiger partial charge in [0.05, 0.1) is 0 Å². The molecule has 0 radical (unpaired) electrons. The lowest BCUT2D eigenvalue weighted by molar-refractivity contribution is 0.303. The Kier molecular flexibility index (Phi) is 5.52. The van der Waals surface area contributed by atoms with Gasteiger partial charge in [0, 0.05) is 6.54 Å². The van der Waals surface area contributed by atoms with E-state index in [0.717, 1.165) is 17.7 Å². The van der Waals surface area contributed by atoms with Crippen LogP contribution in [0, 0.1) is 6.92 Å². The number of rotatable bonds is 6. The zero-order valence-corrected chi connectivity index (χ0v) is 15.0. The molecule has 0 unspecified atom stereocenters. The molecule has 0 bridgehead atoms. The van der Waals surface area contributed by atoms with Crippen molar-refractivity contribution in [2.45, 2.75) is 33.4 Å². The summed E-state index contributed by atoms with van der Waals surface area (Å²) >= 11 is 0. The maximum atomic E-state index is 6.07. The fourth-order valence-electron chi connectivity index (χ4n) is 3.03. The van der Waals surface area contributed by atoms with E-state index in [2.05, 4.69) is 68.4 Å². The van der Waals surface area contributed by atoms with E-state index in [1.807, 2.05) is 12.1 Å². The van der Waals surface area contributed by atoms with E-state index in [4.69, 9.17) is 10.5 Å². The number of benzene rings is 3. The van der Waals surface area contributed by atoms with Crippen LogP contribution in [0.5, 0.6) is 5.75 Å². The average molecular weight is 331 g/mol. The monoisotopic (exact) mass is 331 g/mol. The third-order valence-electron chi connectivity index (χ3n) is 4.52. The van der Waals surface area contributed by atoms with Crippen molar-refractivity contribution < 1.29 is 4.74 Å². The van der Waals surface area contributed by atoms with Crippen molar-refractivity contribution in [1.29, 1.82) is 0 Å². The number of nitrogens with two attached hydrogens (primary N) is 1. The standard InChI is InChI=1S/C23H25NO/c1-3-20-8-4-5-10-23(20)25-16-19-12-11-17(2)22(14-19)21-9-6-7-18(13-21)15-24/h4-14H,3,15-16,24H2,1-2H3. The van der Waals surface area contributed by atoms with Crippen molar-refractivity contribution in [2.75, 3.05) is 0 Å². The molecule has 3 rings (SSSR count). The predicted octanol–water partition coefficient (Wildman–Crippen LogP) is 5.26. The van der Waals surface area contributed by atoms with Crippen LogP contribution in [0.3, 0.4) is 0 Å². The summed E-state index contributed by atoms with van der Waals surface area (Å²) < 4.78 is 6.07. The molecule has 0 amide bonds. The van der Waals surface area contributed by atoms with Gasteiger partial charge in [0.15, 0.2) is 0 Å². The minimum Gasteiger partial charge on any atom is -0.489 e. The van der Waals surface area contributed by atoms with E-state index < -0.39 is 0 Å². The van der Waals surface area contributed by atoms with Crippen LogP contribution >= 0.6 is 0 Å². The van der Waals surface area contributed by atoms with Crippen LogP contribution in [0.25, 0.3) is 11.1 Å². The van der Waals surface area contributed by atoms with Crippen LogP contribution in [0.1, 0.15) is 29.2 Å². The zero-order chi connectivity index (χ0) is 17.6. The molecule has 25 heavy (non-hydrogen) atoms. The third kappa shape index (κ3) is 4.09. The van der Waals surface area contributed by atoms with Gasteiger partial charge in [0.1, 0.15) is 12.4 Å². The summed E-state index contributed by atoms with van der Waals surface area (Å²) in [5.41, 5.74) is 13.0. The fourth-order valence-corrected chi connectivity index (χ4v) is 3.03. The Morgan fingerprint density at radius 1 is 0.880 bits per heavy atom. The molecule has 0 aromatic heterocycles. The lowest BCUT2D eigenvalue weighted by atomic mass is 9.97. The number of aryl methyl sites for hydroxylation is 2. The predicted molar refractivity (Wildman–Crippen MR) is 105 cm³/mol. The smallest absolute Gasteiger partial charge is 0.122 e. The lowest BCUT2D eigenvalue weighted by Gasteiger charge is -2.13. The third-order valence-corrected chi connectivity index (χ3v) is 4.52. The van der Waals surface area contributed by atoms with Crippen molar-refractivity contribution in [3.05, 3.63) is 89.0 Å². The Hall–Kier alpha value is -2.58. The van der Waals surface area contributed by atoms with Crippen molar-refractivity contribution in [2.24, 2.45) is 5.73 Å². The van der Waals surface area contributed by atoms with Gasteiger partial charge in [-0.1, -0.05) is 55.5 Å². The van der Waals surface area contributed by atoms with Gasteiger partial charge in [0.2, 0.25) is 0 Å². The fraction of sp³-hybridized carbons (Fsp3) is 0.217. The molecular formula is C23H25NO. The van der Waals surface area contributed by atoms with Crippen molar-refractivity contribution in [1.82, 2.24) is 0 Å². The first-order valence-electron chi connectivity index (χ1n) is 8.81. The SMILES string of the molecule is CCc1ccccc1OCc1ccc(C)c(-c2cccc(CN)c2)c1. The quantitative estimate of drug-likeness (QED) is 0.668. The first-order valence-corrected chi connectivity index (χ1v) is 8.81. The Labute approximate surface area is 150 Å². The number of ether oxygens (including phenoxy) is 1. The van der Waals surface area contributed by atoms with Gasteiger partial charge in [-0.05, 0) is 64.9 Å². The van der Waals surface area contributed by atoms with Crippen molar-refractivity contribution in [3.63, 3.8) is 0 Å². The highest BCUT2D eigenvalue weighted by atomic mass is 16.5. The highest BCUT2D eigenvalue weighted by Crippen LogP contribution is 2.26. The minimum atomic E-state index is 0.559. The molecule has 2 heteroatoms. The Balaban J connectivity index is 1.84. The largest absolute Gasteiger partial charge is 0.489 e. The van der Waals surface area contributed by atoms with Crippen LogP contribution in [-0.4, -0.2) is 0 Å². The summed E-state index contributed by atoms with van der Waals surface area (Å²) in [7, 11) is 0. The lowest BCUT2D eigenvalue weighted by Crippen LogP contribution is -1.99. The topological polar surface area (TPSA) is 35.2 Å². The molecule has 128 valence electrons. The molecule has 0 saturated carbocycles. The molecule has 0 aliphatic rings. The average Bonchev–Trinajstić information content (AvgIpc) is 2.67. The molecule has 0 atom stereocenters. The summed E-state index contributed by atoms with van der Waals surface area (Å²) in [6, 6.07) is 23.2. The van der Waals surface area contributed by atoms with E-state index in [-0.39, 0.29) is 0 Å². The van der Waals surface area contributed by atoms with Crippen LogP contribution in [0.2, 0.25) is 0 Å². The van der Waals surface area contributed by atoms with Gasteiger partial charge in [-0.3, -0.25) is 0 Å².